The standard InChI is InChI=1S/C24H26N6O/c1-16-11-19(29-24(31)21(26)12-17-6-9-27-10-7-17)15-30(14-16)22-5-4-18(13-25)23-20(22)3-2-8-28-23/h2-10,16,19,21H,11-12,14-15,26H2,1H3,(H,29,31)/t16-,19+,21-/m0/s1. The molecule has 1 saturated heterocycles. The molecule has 1 fully saturated rings. The number of anilines is 1. The lowest BCUT2D eigenvalue weighted by Crippen LogP contribution is -2.54. The summed E-state index contributed by atoms with van der Waals surface area (Å²) in [6.07, 6.45) is 6.50. The fourth-order valence-corrected chi connectivity index (χ4v) is 4.35. The predicted octanol–water partition coefficient (Wildman–Crippen LogP) is 2.40. The number of nitriles is 1. The Balaban J connectivity index is 1.49. The minimum Gasteiger partial charge on any atom is -0.369 e. The number of amides is 1. The minimum atomic E-state index is -0.604. The van der Waals surface area contributed by atoms with Gasteiger partial charge in [-0.05, 0) is 60.7 Å². The summed E-state index contributed by atoms with van der Waals surface area (Å²) in [6.45, 7) is 3.76. The first-order chi connectivity index (χ1) is 15.0. The number of hydrogen-bond acceptors (Lipinski definition) is 6. The molecule has 3 aromatic rings. The van der Waals surface area contributed by atoms with Crippen molar-refractivity contribution in [2.45, 2.75) is 31.8 Å². The minimum absolute atomic E-state index is 0.00195. The number of piperidine rings is 1. The fourth-order valence-electron chi connectivity index (χ4n) is 4.35. The smallest absolute Gasteiger partial charge is 0.237 e. The van der Waals surface area contributed by atoms with Gasteiger partial charge in [0.15, 0.2) is 0 Å². The average molecular weight is 415 g/mol. The molecule has 1 aliphatic heterocycles. The van der Waals surface area contributed by atoms with Crippen LogP contribution < -0.4 is 16.0 Å². The molecule has 31 heavy (non-hydrogen) atoms. The van der Waals surface area contributed by atoms with Crippen LogP contribution in [0, 0.1) is 17.2 Å². The van der Waals surface area contributed by atoms with Crippen molar-refractivity contribution in [3.8, 4) is 6.07 Å². The number of rotatable bonds is 5. The van der Waals surface area contributed by atoms with Crippen molar-refractivity contribution in [1.82, 2.24) is 15.3 Å². The third kappa shape index (κ3) is 4.65. The van der Waals surface area contributed by atoms with E-state index >= 15 is 0 Å². The van der Waals surface area contributed by atoms with Gasteiger partial charge in [-0.1, -0.05) is 6.92 Å². The maximum Gasteiger partial charge on any atom is 0.237 e. The molecule has 0 saturated carbocycles. The van der Waals surface area contributed by atoms with E-state index in [1.807, 2.05) is 36.4 Å². The van der Waals surface area contributed by atoms with Gasteiger partial charge in [-0.3, -0.25) is 14.8 Å². The van der Waals surface area contributed by atoms with Crippen LogP contribution in [0.2, 0.25) is 0 Å². The lowest BCUT2D eigenvalue weighted by atomic mass is 9.94. The molecule has 4 rings (SSSR count). The summed E-state index contributed by atoms with van der Waals surface area (Å²) in [5.74, 6) is 0.264. The monoisotopic (exact) mass is 414 g/mol. The summed E-state index contributed by atoms with van der Waals surface area (Å²) in [6, 6.07) is 13.1. The van der Waals surface area contributed by atoms with Gasteiger partial charge in [0.1, 0.15) is 6.07 Å². The van der Waals surface area contributed by atoms with Gasteiger partial charge in [0.05, 0.1) is 17.1 Å². The van der Waals surface area contributed by atoms with E-state index in [9.17, 15) is 10.1 Å². The second-order valence-corrected chi connectivity index (χ2v) is 8.26. The van der Waals surface area contributed by atoms with Gasteiger partial charge in [-0.25, -0.2) is 0 Å². The molecule has 0 aliphatic carbocycles. The number of carbonyl (C=O) groups excluding carboxylic acids is 1. The zero-order valence-corrected chi connectivity index (χ0v) is 17.5. The lowest BCUT2D eigenvalue weighted by Gasteiger charge is -2.39. The van der Waals surface area contributed by atoms with E-state index in [0.29, 0.717) is 30.0 Å². The molecule has 3 atom stereocenters. The zero-order chi connectivity index (χ0) is 21.8. The molecular weight excluding hydrogens is 388 g/mol. The average Bonchev–Trinajstić information content (AvgIpc) is 2.78. The van der Waals surface area contributed by atoms with Gasteiger partial charge < -0.3 is 16.0 Å². The largest absolute Gasteiger partial charge is 0.369 e. The summed E-state index contributed by atoms with van der Waals surface area (Å²) in [4.78, 5) is 23.4. The van der Waals surface area contributed by atoms with Crippen LogP contribution in [0.1, 0.15) is 24.5 Å². The van der Waals surface area contributed by atoms with Gasteiger partial charge in [0.25, 0.3) is 0 Å². The van der Waals surface area contributed by atoms with E-state index in [2.05, 4.69) is 33.2 Å². The zero-order valence-electron chi connectivity index (χ0n) is 17.5. The Morgan fingerprint density at radius 2 is 2.06 bits per heavy atom. The maximum absolute atomic E-state index is 12.7. The summed E-state index contributed by atoms with van der Waals surface area (Å²) in [7, 11) is 0. The maximum atomic E-state index is 12.7. The first-order valence-electron chi connectivity index (χ1n) is 10.5. The Kier molecular flexibility index (Phi) is 6.10. The summed E-state index contributed by atoms with van der Waals surface area (Å²) < 4.78 is 0. The van der Waals surface area contributed by atoms with Crippen molar-refractivity contribution < 1.29 is 4.79 Å². The molecule has 1 aromatic carbocycles. The highest BCUT2D eigenvalue weighted by Crippen LogP contribution is 2.31. The van der Waals surface area contributed by atoms with E-state index in [4.69, 9.17) is 5.73 Å². The second kappa shape index (κ2) is 9.11. The highest BCUT2D eigenvalue weighted by Gasteiger charge is 2.28. The SMILES string of the molecule is C[C@H]1C[C@@H](NC(=O)[C@@H](N)Cc2ccncc2)CN(c2ccc(C#N)c3ncccc23)C1. The van der Waals surface area contributed by atoms with Crippen LogP contribution in [-0.2, 0) is 11.2 Å². The number of benzene rings is 1. The fraction of sp³-hybridized carbons (Fsp3) is 0.333. The van der Waals surface area contributed by atoms with Crippen molar-refractivity contribution in [3.63, 3.8) is 0 Å². The number of carbonyl (C=O) groups is 1. The highest BCUT2D eigenvalue weighted by molar-refractivity contribution is 5.95. The molecule has 2 aromatic heterocycles. The van der Waals surface area contributed by atoms with Gasteiger partial charge >= 0.3 is 0 Å². The Morgan fingerprint density at radius 1 is 1.26 bits per heavy atom. The van der Waals surface area contributed by atoms with E-state index in [1.165, 1.54) is 0 Å². The first kappa shape index (κ1) is 20.8. The molecule has 1 aliphatic rings. The third-order valence-electron chi connectivity index (χ3n) is 5.76. The number of nitrogens with two attached hydrogens (primary N) is 1. The van der Waals surface area contributed by atoms with E-state index in [0.717, 1.165) is 29.6 Å². The van der Waals surface area contributed by atoms with E-state index < -0.39 is 6.04 Å². The van der Waals surface area contributed by atoms with Gasteiger partial charge in [-0.2, -0.15) is 5.26 Å². The summed E-state index contributed by atoms with van der Waals surface area (Å²) in [5, 5.41) is 13.5. The molecule has 0 unspecified atom stereocenters. The van der Waals surface area contributed by atoms with Crippen LogP contribution in [0.3, 0.4) is 0 Å². The molecule has 1 amide bonds. The second-order valence-electron chi connectivity index (χ2n) is 8.26. The van der Waals surface area contributed by atoms with Crippen LogP contribution in [0.5, 0.6) is 0 Å². The number of nitrogens with zero attached hydrogens (tertiary/aromatic N) is 4. The quantitative estimate of drug-likeness (QED) is 0.664. The normalized spacial score (nSPS) is 19.6. The molecule has 3 heterocycles. The van der Waals surface area contributed by atoms with Crippen molar-refractivity contribution in [1.29, 1.82) is 5.26 Å². The van der Waals surface area contributed by atoms with Crippen molar-refractivity contribution in [2.24, 2.45) is 11.7 Å². The van der Waals surface area contributed by atoms with Crippen LogP contribution in [-0.4, -0.2) is 41.0 Å². The Morgan fingerprint density at radius 3 is 2.84 bits per heavy atom. The van der Waals surface area contributed by atoms with Crippen LogP contribution >= 0.6 is 0 Å². The molecule has 0 spiro atoms. The predicted molar refractivity (Wildman–Crippen MR) is 120 cm³/mol. The highest BCUT2D eigenvalue weighted by atomic mass is 16.2. The summed E-state index contributed by atoms with van der Waals surface area (Å²) >= 11 is 0. The Labute approximate surface area is 181 Å². The number of pyridine rings is 2. The molecule has 158 valence electrons. The number of fused-ring (bicyclic) bond motifs is 1. The van der Waals surface area contributed by atoms with Crippen LogP contribution in [0.4, 0.5) is 5.69 Å². The number of nitrogens with one attached hydrogen (secondary N) is 1. The van der Waals surface area contributed by atoms with Crippen molar-refractivity contribution >= 4 is 22.5 Å². The Hall–Kier alpha value is -3.50. The molecule has 0 radical (unpaired) electrons. The first-order valence-corrected chi connectivity index (χ1v) is 10.5. The van der Waals surface area contributed by atoms with Crippen LogP contribution in [0.15, 0.2) is 55.0 Å². The molecule has 3 N–H and O–H groups in total. The molecule has 0 bridgehead atoms. The van der Waals surface area contributed by atoms with Gasteiger partial charge in [0.2, 0.25) is 5.91 Å². The molecule has 7 nitrogen and oxygen atoms in total. The van der Waals surface area contributed by atoms with Crippen LogP contribution in [0.25, 0.3) is 10.9 Å². The molecule has 7 heteroatoms. The van der Waals surface area contributed by atoms with Gasteiger partial charge in [0, 0.05) is 48.8 Å². The Bertz CT molecular complexity index is 1110. The van der Waals surface area contributed by atoms with Crippen molar-refractivity contribution in [2.75, 3.05) is 18.0 Å². The molecular formula is C24H26N6O. The van der Waals surface area contributed by atoms with Gasteiger partial charge in [-0.15, -0.1) is 0 Å². The van der Waals surface area contributed by atoms with Crippen molar-refractivity contribution in [3.05, 3.63) is 66.1 Å². The van der Waals surface area contributed by atoms with E-state index in [1.54, 1.807) is 18.6 Å². The summed E-state index contributed by atoms with van der Waals surface area (Å²) in [5.41, 5.74) is 9.47. The lowest BCUT2D eigenvalue weighted by molar-refractivity contribution is -0.123. The third-order valence-corrected chi connectivity index (χ3v) is 5.76. The number of aromatic nitrogens is 2. The number of hydrogen-bond donors (Lipinski definition) is 2. The van der Waals surface area contributed by atoms with E-state index in [-0.39, 0.29) is 11.9 Å². The topological polar surface area (TPSA) is 108 Å².